The summed E-state index contributed by atoms with van der Waals surface area (Å²) in [6.07, 6.45) is 10.9. The number of nitrogens with zero attached hydrogens (tertiary/aromatic N) is 2. The summed E-state index contributed by atoms with van der Waals surface area (Å²) in [7, 11) is 0. The minimum absolute atomic E-state index is 0.268. The molecule has 0 aromatic heterocycles. The maximum atomic E-state index is 9.79. The largest absolute Gasteiger partial charge is 0.298 e. The lowest BCUT2D eigenvalue weighted by molar-refractivity contribution is 0.145. The molecule has 2 unspecified atom stereocenters. The Morgan fingerprint density at radius 2 is 1.90 bits per heavy atom. The van der Waals surface area contributed by atoms with Gasteiger partial charge >= 0.3 is 0 Å². The van der Waals surface area contributed by atoms with E-state index in [4.69, 9.17) is 0 Å². The molecule has 0 aromatic rings. The fraction of sp³-hybridized carbons (Fsp3) is 0.941. The molecule has 1 saturated heterocycles. The zero-order valence-corrected chi connectivity index (χ0v) is 12.9. The van der Waals surface area contributed by atoms with Crippen molar-refractivity contribution in [3.05, 3.63) is 0 Å². The predicted molar refractivity (Wildman–Crippen MR) is 81.3 cm³/mol. The quantitative estimate of drug-likeness (QED) is 0.810. The van der Waals surface area contributed by atoms with E-state index >= 15 is 0 Å². The first-order chi connectivity index (χ1) is 9.79. The molecule has 3 nitrogen and oxygen atoms in total. The molecule has 3 fully saturated rings. The molecule has 3 aliphatic rings. The Balaban J connectivity index is 1.69. The monoisotopic (exact) mass is 275 g/mol. The van der Waals surface area contributed by atoms with Crippen molar-refractivity contribution in [3.8, 4) is 6.07 Å². The van der Waals surface area contributed by atoms with Gasteiger partial charge in [-0.05, 0) is 63.5 Å². The summed E-state index contributed by atoms with van der Waals surface area (Å²) in [4.78, 5) is 2.67. The van der Waals surface area contributed by atoms with E-state index in [1.54, 1.807) is 0 Å². The van der Waals surface area contributed by atoms with E-state index in [1.165, 1.54) is 57.9 Å². The first-order valence-corrected chi connectivity index (χ1v) is 8.69. The second-order valence-electron chi connectivity index (χ2n) is 7.11. The minimum Gasteiger partial charge on any atom is -0.298 e. The van der Waals surface area contributed by atoms with E-state index in [0.717, 1.165) is 25.0 Å². The molecule has 112 valence electrons. The van der Waals surface area contributed by atoms with Crippen LogP contribution in [0.4, 0.5) is 0 Å². The molecule has 1 heterocycles. The third-order valence-corrected chi connectivity index (χ3v) is 5.78. The Morgan fingerprint density at radius 1 is 1.15 bits per heavy atom. The number of rotatable bonds is 6. The molecule has 0 bridgehead atoms. The van der Waals surface area contributed by atoms with Gasteiger partial charge in [-0.1, -0.05) is 19.8 Å². The highest BCUT2D eigenvalue weighted by Gasteiger charge is 2.48. The molecule has 1 N–H and O–H groups in total. The molecule has 2 atom stereocenters. The Bertz CT molecular complexity index is 365. The average Bonchev–Trinajstić information content (AvgIpc) is 3.00. The van der Waals surface area contributed by atoms with Crippen LogP contribution in [-0.4, -0.2) is 36.1 Å². The van der Waals surface area contributed by atoms with Gasteiger partial charge < -0.3 is 0 Å². The van der Waals surface area contributed by atoms with Crippen LogP contribution < -0.4 is 5.32 Å². The van der Waals surface area contributed by atoms with Gasteiger partial charge in [-0.2, -0.15) is 5.26 Å². The predicted octanol–water partition coefficient (Wildman–Crippen LogP) is 2.92. The van der Waals surface area contributed by atoms with Gasteiger partial charge in [-0.15, -0.1) is 0 Å². The van der Waals surface area contributed by atoms with E-state index in [1.807, 2.05) is 0 Å². The maximum absolute atomic E-state index is 9.79. The first kappa shape index (κ1) is 14.4. The Morgan fingerprint density at radius 3 is 2.50 bits per heavy atom. The van der Waals surface area contributed by atoms with Crippen molar-refractivity contribution in [3.63, 3.8) is 0 Å². The standard InChI is InChI=1S/C17H29N3/c1-2-19-17(12-18,15-9-10-15)13-20-11-5-8-16(20)14-6-3-4-7-14/h14-16,19H,2-11,13H2,1H3. The van der Waals surface area contributed by atoms with Crippen LogP contribution in [0, 0.1) is 23.2 Å². The molecule has 0 radical (unpaired) electrons. The molecule has 0 spiro atoms. The molecular formula is C17H29N3. The van der Waals surface area contributed by atoms with Crippen LogP contribution in [0.1, 0.15) is 58.3 Å². The molecular weight excluding hydrogens is 246 g/mol. The Kier molecular flexibility index (Phi) is 4.33. The van der Waals surface area contributed by atoms with Gasteiger partial charge in [-0.3, -0.25) is 10.2 Å². The highest BCUT2D eigenvalue weighted by Crippen LogP contribution is 2.42. The van der Waals surface area contributed by atoms with Gasteiger partial charge in [0.2, 0.25) is 0 Å². The fourth-order valence-electron chi connectivity index (χ4n) is 4.63. The zero-order valence-electron chi connectivity index (χ0n) is 12.9. The molecule has 2 saturated carbocycles. The van der Waals surface area contributed by atoms with E-state index in [9.17, 15) is 5.26 Å². The van der Waals surface area contributed by atoms with Crippen molar-refractivity contribution in [1.82, 2.24) is 10.2 Å². The van der Waals surface area contributed by atoms with Gasteiger partial charge in [0.15, 0.2) is 0 Å². The van der Waals surface area contributed by atoms with Gasteiger partial charge in [-0.25, -0.2) is 0 Å². The lowest BCUT2D eigenvalue weighted by Gasteiger charge is -2.37. The number of likely N-dealkylation sites (N-methyl/N-ethyl adjacent to an activating group) is 1. The summed E-state index contributed by atoms with van der Waals surface area (Å²) >= 11 is 0. The number of hydrogen-bond donors (Lipinski definition) is 1. The third-order valence-electron chi connectivity index (χ3n) is 5.78. The summed E-state index contributed by atoms with van der Waals surface area (Å²) in [5.41, 5.74) is -0.268. The van der Waals surface area contributed by atoms with Crippen LogP contribution >= 0.6 is 0 Å². The van der Waals surface area contributed by atoms with Crippen molar-refractivity contribution in [2.75, 3.05) is 19.6 Å². The zero-order chi connectivity index (χ0) is 14.0. The topological polar surface area (TPSA) is 39.1 Å². The highest BCUT2D eigenvalue weighted by atomic mass is 15.2. The second-order valence-corrected chi connectivity index (χ2v) is 7.11. The number of hydrogen-bond acceptors (Lipinski definition) is 3. The van der Waals surface area contributed by atoms with Crippen LogP contribution in [0.2, 0.25) is 0 Å². The first-order valence-electron chi connectivity index (χ1n) is 8.69. The van der Waals surface area contributed by atoms with Gasteiger partial charge in [0.1, 0.15) is 5.54 Å². The average molecular weight is 275 g/mol. The van der Waals surface area contributed by atoms with Crippen molar-refractivity contribution in [2.24, 2.45) is 11.8 Å². The lowest BCUT2D eigenvalue weighted by atomic mass is 9.91. The van der Waals surface area contributed by atoms with E-state index < -0.39 is 0 Å². The van der Waals surface area contributed by atoms with Crippen molar-refractivity contribution in [1.29, 1.82) is 5.26 Å². The Hall–Kier alpha value is -0.590. The smallest absolute Gasteiger partial charge is 0.122 e. The molecule has 20 heavy (non-hydrogen) atoms. The van der Waals surface area contributed by atoms with Crippen LogP contribution in [-0.2, 0) is 0 Å². The summed E-state index contributed by atoms with van der Waals surface area (Å²) in [5.74, 6) is 1.51. The SMILES string of the molecule is CCNC(C#N)(CN1CCCC1C1CCCC1)C1CC1. The van der Waals surface area contributed by atoms with Crippen LogP contribution in [0.3, 0.4) is 0 Å². The normalized spacial score (nSPS) is 31.3. The Labute approximate surface area is 123 Å². The lowest BCUT2D eigenvalue weighted by Crippen LogP contribution is -2.55. The van der Waals surface area contributed by atoms with Gasteiger partial charge in [0.25, 0.3) is 0 Å². The number of nitrogens with one attached hydrogen (secondary N) is 1. The number of nitriles is 1. The number of likely N-dealkylation sites (tertiary alicyclic amines) is 1. The van der Waals surface area contributed by atoms with Crippen LogP contribution in [0.5, 0.6) is 0 Å². The molecule has 3 rings (SSSR count). The molecule has 0 aromatic carbocycles. The molecule has 1 aliphatic heterocycles. The second kappa shape index (κ2) is 6.03. The van der Waals surface area contributed by atoms with Crippen LogP contribution in [0.25, 0.3) is 0 Å². The van der Waals surface area contributed by atoms with E-state index in [2.05, 4.69) is 23.2 Å². The third kappa shape index (κ3) is 2.73. The highest BCUT2D eigenvalue weighted by molar-refractivity contribution is 5.17. The summed E-state index contributed by atoms with van der Waals surface area (Å²) < 4.78 is 0. The van der Waals surface area contributed by atoms with Crippen molar-refractivity contribution < 1.29 is 0 Å². The van der Waals surface area contributed by atoms with E-state index in [-0.39, 0.29) is 5.54 Å². The van der Waals surface area contributed by atoms with Gasteiger partial charge in [0.05, 0.1) is 6.07 Å². The maximum Gasteiger partial charge on any atom is 0.122 e. The van der Waals surface area contributed by atoms with E-state index in [0.29, 0.717) is 5.92 Å². The molecule has 3 heteroatoms. The van der Waals surface area contributed by atoms with Crippen molar-refractivity contribution >= 4 is 0 Å². The van der Waals surface area contributed by atoms with Crippen LogP contribution in [0.15, 0.2) is 0 Å². The van der Waals surface area contributed by atoms with Crippen molar-refractivity contribution in [2.45, 2.75) is 69.9 Å². The molecule has 2 aliphatic carbocycles. The summed E-state index contributed by atoms with van der Waals surface area (Å²) in [5, 5.41) is 13.3. The molecule has 0 amide bonds. The fourth-order valence-corrected chi connectivity index (χ4v) is 4.63. The summed E-state index contributed by atoms with van der Waals surface area (Å²) in [6.45, 7) is 5.21. The summed E-state index contributed by atoms with van der Waals surface area (Å²) in [6, 6.07) is 3.43. The van der Waals surface area contributed by atoms with Gasteiger partial charge in [0, 0.05) is 12.6 Å². The minimum atomic E-state index is -0.268.